The summed E-state index contributed by atoms with van der Waals surface area (Å²) in [6, 6.07) is 5.66. The summed E-state index contributed by atoms with van der Waals surface area (Å²) >= 11 is 3.22. The van der Waals surface area contributed by atoms with E-state index in [9.17, 15) is 4.79 Å². The zero-order valence-electron chi connectivity index (χ0n) is 6.94. The van der Waals surface area contributed by atoms with Gasteiger partial charge in [0.1, 0.15) is 5.56 Å². The van der Waals surface area contributed by atoms with Gasteiger partial charge in [-0.05, 0) is 12.1 Å². The van der Waals surface area contributed by atoms with Crippen LogP contribution in [0.25, 0.3) is 9.40 Å². The van der Waals surface area contributed by atoms with Gasteiger partial charge in [-0.2, -0.15) is 0 Å². The molecule has 0 saturated carbocycles. The maximum absolute atomic E-state index is 11.3. The second-order valence-electron chi connectivity index (χ2n) is 2.46. The third-order valence-electron chi connectivity index (χ3n) is 1.73. The number of esters is 1. The molecular formula is C9H7O2S2+. The lowest BCUT2D eigenvalue weighted by molar-refractivity contribution is 0.0603. The second kappa shape index (κ2) is 3.40. The average molecular weight is 211 g/mol. The summed E-state index contributed by atoms with van der Waals surface area (Å²) in [5, 5.41) is 0. The lowest BCUT2D eigenvalue weighted by Crippen LogP contribution is -2.00. The molecule has 4 heteroatoms. The van der Waals surface area contributed by atoms with E-state index in [4.69, 9.17) is 0 Å². The highest BCUT2D eigenvalue weighted by Gasteiger charge is 2.16. The molecule has 1 heterocycles. The number of ether oxygens (including phenoxy) is 1. The molecule has 2 aromatic rings. The van der Waals surface area contributed by atoms with Crippen molar-refractivity contribution in [3.05, 3.63) is 28.5 Å². The summed E-state index contributed by atoms with van der Waals surface area (Å²) in [6.45, 7) is 0. The predicted octanol–water partition coefficient (Wildman–Crippen LogP) is 3.03. The Labute approximate surface area is 83.4 Å². The van der Waals surface area contributed by atoms with E-state index in [1.807, 2.05) is 16.8 Å². The molecule has 0 aliphatic heterocycles. The summed E-state index contributed by atoms with van der Waals surface area (Å²) in [6.07, 6.45) is 0. The smallest absolute Gasteiger partial charge is 0.341 e. The Morgan fingerprint density at radius 2 is 2.38 bits per heavy atom. The van der Waals surface area contributed by atoms with E-state index in [2.05, 4.69) is 4.74 Å². The van der Waals surface area contributed by atoms with Crippen LogP contribution in [0.1, 0.15) is 10.4 Å². The summed E-state index contributed by atoms with van der Waals surface area (Å²) in [5.41, 5.74) is 0.659. The molecule has 0 fully saturated rings. The molecule has 0 aliphatic rings. The van der Waals surface area contributed by atoms with Crippen molar-refractivity contribution in [2.24, 2.45) is 0 Å². The Hall–Kier alpha value is -1.00. The summed E-state index contributed by atoms with van der Waals surface area (Å²) < 4.78 is 8.84. The molecule has 1 aromatic heterocycles. The first-order chi connectivity index (χ1) is 6.33. The van der Waals surface area contributed by atoms with Crippen LogP contribution < -0.4 is 0 Å². The molecule has 0 amide bonds. The van der Waals surface area contributed by atoms with Crippen LogP contribution in [0.4, 0.5) is 0 Å². The maximum atomic E-state index is 11.3. The summed E-state index contributed by atoms with van der Waals surface area (Å²) in [5.74, 6) is -0.264. The van der Waals surface area contributed by atoms with Gasteiger partial charge in [-0.3, -0.25) is 0 Å². The third kappa shape index (κ3) is 1.43. The fraction of sp³-hybridized carbons (Fsp3) is 0.111. The molecule has 0 unspecified atom stereocenters. The minimum absolute atomic E-state index is 0.264. The monoisotopic (exact) mass is 211 g/mol. The standard InChI is InChI=1S/C9H7O2S2/c1-11-9(10)6-3-2-4-7-8(6)13-5-12-7/h2-5H,1H3/q+1. The number of carbonyl (C=O) groups is 1. The Kier molecular flexibility index (Phi) is 2.24. The van der Waals surface area contributed by atoms with Crippen molar-refractivity contribution in [1.82, 2.24) is 0 Å². The Morgan fingerprint density at radius 1 is 1.54 bits per heavy atom. The molecule has 0 atom stereocenters. The highest BCUT2D eigenvalue weighted by molar-refractivity contribution is 7.36. The molecule has 2 rings (SSSR count). The highest BCUT2D eigenvalue weighted by Crippen LogP contribution is 2.28. The van der Waals surface area contributed by atoms with Gasteiger partial charge in [0.05, 0.1) is 29.8 Å². The van der Waals surface area contributed by atoms with Crippen molar-refractivity contribution < 1.29 is 9.53 Å². The van der Waals surface area contributed by atoms with Crippen LogP contribution in [0, 0.1) is 0 Å². The van der Waals surface area contributed by atoms with E-state index < -0.39 is 0 Å². The zero-order chi connectivity index (χ0) is 9.26. The molecule has 2 nitrogen and oxygen atoms in total. The first kappa shape index (κ1) is 8.59. The molecule has 0 aliphatic carbocycles. The highest BCUT2D eigenvalue weighted by atomic mass is 32.2. The van der Waals surface area contributed by atoms with Crippen molar-refractivity contribution in [1.29, 1.82) is 0 Å². The van der Waals surface area contributed by atoms with Gasteiger partial charge in [-0.15, -0.1) is 0 Å². The lowest BCUT2D eigenvalue weighted by atomic mass is 10.2. The fourth-order valence-electron chi connectivity index (χ4n) is 1.12. The quantitative estimate of drug-likeness (QED) is 0.535. The lowest BCUT2D eigenvalue weighted by Gasteiger charge is -1.95. The zero-order valence-corrected chi connectivity index (χ0v) is 8.58. The molecular weight excluding hydrogens is 204 g/mol. The summed E-state index contributed by atoms with van der Waals surface area (Å²) in [7, 11) is 1.40. The predicted molar refractivity (Wildman–Crippen MR) is 55.4 cm³/mol. The van der Waals surface area contributed by atoms with Crippen LogP contribution in [0.15, 0.2) is 22.9 Å². The molecule has 13 heavy (non-hydrogen) atoms. The van der Waals surface area contributed by atoms with E-state index in [0.29, 0.717) is 5.56 Å². The SMILES string of the molecule is COC(=O)c1cccc2sc[s+]c12. The van der Waals surface area contributed by atoms with E-state index >= 15 is 0 Å². The number of fused-ring (bicyclic) bond motifs is 1. The molecule has 0 bridgehead atoms. The largest absolute Gasteiger partial charge is 0.465 e. The van der Waals surface area contributed by atoms with E-state index in [1.165, 1.54) is 7.11 Å². The van der Waals surface area contributed by atoms with Gasteiger partial charge in [-0.25, -0.2) is 4.79 Å². The number of hydrogen-bond donors (Lipinski definition) is 0. The number of carbonyl (C=O) groups excluding carboxylic acids is 1. The normalized spacial score (nSPS) is 10.2. The van der Waals surface area contributed by atoms with Crippen molar-refractivity contribution in [3.63, 3.8) is 0 Å². The van der Waals surface area contributed by atoms with Crippen molar-refractivity contribution in [3.8, 4) is 0 Å². The van der Waals surface area contributed by atoms with E-state index in [1.54, 1.807) is 28.7 Å². The minimum atomic E-state index is -0.264. The first-order valence-electron chi connectivity index (χ1n) is 3.69. The van der Waals surface area contributed by atoms with Gasteiger partial charge in [0.15, 0.2) is 9.40 Å². The van der Waals surface area contributed by atoms with Crippen molar-refractivity contribution in [2.45, 2.75) is 0 Å². The van der Waals surface area contributed by atoms with Crippen LogP contribution in [0.5, 0.6) is 0 Å². The van der Waals surface area contributed by atoms with Gasteiger partial charge < -0.3 is 4.74 Å². The topological polar surface area (TPSA) is 26.3 Å². The van der Waals surface area contributed by atoms with Crippen LogP contribution in [0.3, 0.4) is 0 Å². The van der Waals surface area contributed by atoms with Crippen LogP contribution in [-0.2, 0) is 4.74 Å². The number of methoxy groups -OCH3 is 1. The number of benzene rings is 1. The molecule has 0 saturated heterocycles. The number of rotatable bonds is 1. The van der Waals surface area contributed by atoms with Gasteiger partial charge in [-0.1, -0.05) is 6.07 Å². The number of hydrogen-bond acceptors (Lipinski definition) is 3. The summed E-state index contributed by atoms with van der Waals surface area (Å²) in [4.78, 5) is 11.3. The van der Waals surface area contributed by atoms with Crippen LogP contribution >= 0.6 is 22.7 Å². The maximum Gasteiger partial charge on any atom is 0.341 e. The minimum Gasteiger partial charge on any atom is -0.465 e. The second-order valence-corrected chi connectivity index (χ2v) is 4.55. The fourth-order valence-corrected chi connectivity index (χ4v) is 3.24. The van der Waals surface area contributed by atoms with Crippen LogP contribution in [-0.4, -0.2) is 13.1 Å². The molecule has 0 radical (unpaired) electrons. The molecule has 1 aromatic carbocycles. The van der Waals surface area contributed by atoms with E-state index in [0.717, 1.165) is 9.40 Å². The van der Waals surface area contributed by atoms with Gasteiger partial charge >= 0.3 is 5.97 Å². The molecule has 0 N–H and O–H groups in total. The van der Waals surface area contributed by atoms with Gasteiger partial charge in [0.25, 0.3) is 0 Å². The average Bonchev–Trinajstić information content (AvgIpc) is 2.63. The Bertz CT molecular complexity index is 448. The van der Waals surface area contributed by atoms with Crippen molar-refractivity contribution in [2.75, 3.05) is 7.11 Å². The van der Waals surface area contributed by atoms with E-state index in [-0.39, 0.29) is 5.97 Å². The van der Waals surface area contributed by atoms with Gasteiger partial charge in [0.2, 0.25) is 4.69 Å². The Morgan fingerprint density at radius 3 is 3.15 bits per heavy atom. The first-order valence-corrected chi connectivity index (χ1v) is 5.45. The van der Waals surface area contributed by atoms with Crippen LogP contribution in [0.2, 0.25) is 0 Å². The van der Waals surface area contributed by atoms with Crippen molar-refractivity contribution >= 4 is 38.0 Å². The molecule has 66 valence electrons. The Balaban J connectivity index is 2.67. The van der Waals surface area contributed by atoms with Gasteiger partial charge in [0, 0.05) is 0 Å². The third-order valence-corrected chi connectivity index (χ3v) is 3.89. The molecule has 0 spiro atoms.